The fraction of sp³-hybridized carbons (Fsp3) is 0.667. The zero-order valence-corrected chi connectivity index (χ0v) is 13.3. The quantitative estimate of drug-likeness (QED) is 0.785. The van der Waals surface area contributed by atoms with Gasteiger partial charge in [0.05, 0.1) is 6.61 Å². The molecule has 1 aromatic heterocycles. The van der Waals surface area contributed by atoms with Crippen molar-refractivity contribution < 1.29 is 13.2 Å². The standard InChI is InChI=1S/C12H22N2O3S2/c1-10(2)14(8-9-17-3)19(15,16)12-5-4-11(18-12)6-7-13/h4-5,10H,6-9,13H2,1-3H3. The van der Waals surface area contributed by atoms with E-state index in [0.717, 1.165) is 4.88 Å². The highest BCUT2D eigenvalue weighted by Gasteiger charge is 2.28. The molecule has 0 aliphatic carbocycles. The number of sulfonamides is 1. The van der Waals surface area contributed by atoms with Gasteiger partial charge in [0.25, 0.3) is 10.0 Å². The minimum absolute atomic E-state index is 0.0970. The van der Waals surface area contributed by atoms with Crippen LogP contribution in [0, 0.1) is 0 Å². The Morgan fingerprint density at radius 3 is 2.63 bits per heavy atom. The van der Waals surface area contributed by atoms with E-state index in [4.69, 9.17) is 10.5 Å². The van der Waals surface area contributed by atoms with Gasteiger partial charge in [-0.15, -0.1) is 11.3 Å². The SMILES string of the molecule is COCCN(C(C)C)S(=O)(=O)c1ccc(CCN)s1. The van der Waals surface area contributed by atoms with Crippen LogP contribution in [0.5, 0.6) is 0 Å². The minimum atomic E-state index is -3.44. The third kappa shape index (κ3) is 4.25. The lowest BCUT2D eigenvalue weighted by Crippen LogP contribution is -2.38. The van der Waals surface area contributed by atoms with Gasteiger partial charge in [0.15, 0.2) is 0 Å². The van der Waals surface area contributed by atoms with E-state index in [1.165, 1.54) is 15.6 Å². The minimum Gasteiger partial charge on any atom is -0.383 e. The van der Waals surface area contributed by atoms with Crippen molar-refractivity contribution in [3.8, 4) is 0 Å². The fourth-order valence-corrected chi connectivity index (χ4v) is 4.85. The third-order valence-electron chi connectivity index (χ3n) is 2.68. The largest absolute Gasteiger partial charge is 0.383 e. The molecule has 1 aromatic rings. The molecule has 0 saturated carbocycles. The van der Waals surface area contributed by atoms with Crippen LogP contribution in [0.4, 0.5) is 0 Å². The molecule has 0 aliphatic heterocycles. The molecular formula is C12H22N2O3S2. The summed E-state index contributed by atoms with van der Waals surface area (Å²) in [4.78, 5) is 0.997. The molecule has 19 heavy (non-hydrogen) atoms. The van der Waals surface area contributed by atoms with Crippen molar-refractivity contribution in [2.45, 2.75) is 30.5 Å². The number of methoxy groups -OCH3 is 1. The molecule has 0 aromatic carbocycles. The van der Waals surface area contributed by atoms with Crippen LogP contribution in [0.15, 0.2) is 16.3 Å². The average molecular weight is 306 g/mol. The van der Waals surface area contributed by atoms with Crippen molar-refractivity contribution in [3.63, 3.8) is 0 Å². The van der Waals surface area contributed by atoms with Crippen LogP contribution in [0.3, 0.4) is 0 Å². The summed E-state index contributed by atoms with van der Waals surface area (Å²) in [5.74, 6) is 0. The number of hydrogen-bond acceptors (Lipinski definition) is 5. The predicted molar refractivity (Wildman–Crippen MR) is 78.0 cm³/mol. The Hall–Kier alpha value is -0.470. The summed E-state index contributed by atoms with van der Waals surface area (Å²) < 4.78 is 31.9. The molecule has 0 atom stereocenters. The molecule has 0 aliphatic rings. The van der Waals surface area contributed by atoms with Gasteiger partial charge in [-0.1, -0.05) is 0 Å². The Kier molecular flexibility index (Phi) is 6.41. The molecule has 5 nitrogen and oxygen atoms in total. The van der Waals surface area contributed by atoms with Crippen LogP contribution >= 0.6 is 11.3 Å². The van der Waals surface area contributed by atoms with E-state index in [2.05, 4.69) is 0 Å². The highest BCUT2D eigenvalue weighted by atomic mass is 32.2. The molecule has 110 valence electrons. The van der Waals surface area contributed by atoms with Gasteiger partial charge in [-0.3, -0.25) is 0 Å². The van der Waals surface area contributed by atoms with Crippen molar-refractivity contribution in [1.82, 2.24) is 4.31 Å². The third-order valence-corrected chi connectivity index (χ3v) is 6.37. The van der Waals surface area contributed by atoms with E-state index in [9.17, 15) is 8.42 Å². The van der Waals surface area contributed by atoms with Gasteiger partial charge >= 0.3 is 0 Å². The van der Waals surface area contributed by atoms with Crippen LogP contribution in [0.25, 0.3) is 0 Å². The maximum Gasteiger partial charge on any atom is 0.252 e. The Balaban J connectivity index is 2.97. The number of thiophene rings is 1. The first-order valence-electron chi connectivity index (χ1n) is 6.23. The molecule has 0 amide bonds. The zero-order chi connectivity index (χ0) is 14.5. The second-order valence-electron chi connectivity index (χ2n) is 4.46. The summed E-state index contributed by atoms with van der Waals surface area (Å²) in [7, 11) is -1.87. The fourth-order valence-electron chi connectivity index (χ4n) is 1.73. The first-order chi connectivity index (χ1) is 8.93. The molecule has 0 bridgehead atoms. The first kappa shape index (κ1) is 16.6. The normalized spacial score (nSPS) is 12.5. The van der Waals surface area contributed by atoms with Crippen molar-refractivity contribution in [2.75, 3.05) is 26.8 Å². The van der Waals surface area contributed by atoms with E-state index in [0.29, 0.717) is 30.3 Å². The lowest BCUT2D eigenvalue weighted by Gasteiger charge is -2.24. The summed E-state index contributed by atoms with van der Waals surface area (Å²) >= 11 is 1.29. The molecule has 0 spiro atoms. The second-order valence-corrected chi connectivity index (χ2v) is 7.75. The van der Waals surface area contributed by atoms with Gasteiger partial charge < -0.3 is 10.5 Å². The Labute approximate surface area is 119 Å². The first-order valence-corrected chi connectivity index (χ1v) is 8.48. The number of hydrogen-bond donors (Lipinski definition) is 1. The van der Waals surface area contributed by atoms with E-state index < -0.39 is 10.0 Å². The van der Waals surface area contributed by atoms with E-state index in [1.54, 1.807) is 13.2 Å². The summed E-state index contributed by atoms with van der Waals surface area (Å²) in [5, 5.41) is 0. The van der Waals surface area contributed by atoms with Crippen molar-refractivity contribution >= 4 is 21.4 Å². The van der Waals surface area contributed by atoms with Crippen molar-refractivity contribution in [2.24, 2.45) is 5.73 Å². The van der Waals surface area contributed by atoms with Gasteiger partial charge in [0, 0.05) is 24.6 Å². The molecule has 7 heteroatoms. The lowest BCUT2D eigenvalue weighted by molar-refractivity contribution is 0.171. The Morgan fingerprint density at radius 2 is 2.11 bits per heavy atom. The van der Waals surface area contributed by atoms with E-state index in [1.807, 2.05) is 19.9 Å². The van der Waals surface area contributed by atoms with Crippen LogP contribution in [0.1, 0.15) is 18.7 Å². The van der Waals surface area contributed by atoms with Crippen LogP contribution in [0.2, 0.25) is 0 Å². The second kappa shape index (κ2) is 7.35. The summed E-state index contributed by atoms with van der Waals surface area (Å²) in [5.41, 5.74) is 5.48. The molecule has 0 fully saturated rings. The number of nitrogens with zero attached hydrogens (tertiary/aromatic N) is 1. The maximum absolute atomic E-state index is 12.5. The van der Waals surface area contributed by atoms with Crippen molar-refractivity contribution in [3.05, 3.63) is 17.0 Å². The van der Waals surface area contributed by atoms with Gasteiger partial charge in [-0.05, 0) is 38.9 Å². The number of nitrogens with two attached hydrogens (primary N) is 1. The molecular weight excluding hydrogens is 284 g/mol. The molecule has 0 radical (unpaired) electrons. The summed E-state index contributed by atoms with van der Waals surface area (Å²) in [6.07, 6.45) is 0.708. The van der Waals surface area contributed by atoms with Crippen LogP contribution < -0.4 is 5.73 Å². The Morgan fingerprint density at radius 1 is 1.42 bits per heavy atom. The van der Waals surface area contributed by atoms with E-state index in [-0.39, 0.29) is 6.04 Å². The maximum atomic E-state index is 12.5. The van der Waals surface area contributed by atoms with Gasteiger partial charge in [0.1, 0.15) is 4.21 Å². The highest BCUT2D eigenvalue weighted by molar-refractivity contribution is 7.91. The van der Waals surface area contributed by atoms with E-state index >= 15 is 0 Å². The van der Waals surface area contributed by atoms with Gasteiger partial charge in [-0.25, -0.2) is 8.42 Å². The highest BCUT2D eigenvalue weighted by Crippen LogP contribution is 2.26. The van der Waals surface area contributed by atoms with Crippen molar-refractivity contribution in [1.29, 1.82) is 0 Å². The monoisotopic (exact) mass is 306 g/mol. The molecule has 1 rings (SSSR count). The number of rotatable bonds is 8. The van der Waals surface area contributed by atoms with Gasteiger partial charge in [-0.2, -0.15) is 4.31 Å². The molecule has 2 N–H and O–H groups in total. The van der Waals surface area contributed by atoms with Crippen LogP contribution in [-0.4, -0.2) is 45.6 Å². The topological polar surface area (TPSA) is 72.6 Å². The summed E-state index contributed by atoms with van der Waals surface area (Å²) in [6.45, 7) is 5.00. The molecule has 1 heterocycles. The molecule has 0 unspecified atom stereocenters. The zero-order valence-electron chi connectivity index (χ0n) is 11.6. The predicted octanol–water partition coefficient (Wildman–Crippen LogP) is 1.29. The Bertz CT molecular complexity index is 483. The average Bonchev–Trinajstić information content (AvgIpc) is 2.78. The van der Waals surface area contributed by atoms with Gasteiger partial charge in [0.2, 0.25) is 0 Å². The lowest BCUT2D eigenvalue weighted by atomic mass is 10.3. The molecule has 0 saturated heterocycles. The summed E-state index contributed by atoms with van der Waals surface area (Å²) in [6, 6.07) is 3.40. The smallest absolute Gasteiger partial charge is 0.252 e. The van der Waals surface area contributed by atoms with Crippen LogP contribution in [-0.2, 0) is 21.2 Å². The number of ether oxygens (including phenoxy) is 1.